The molecule has 0 amide bonds. The Morgan fingerprint density at radius 2 is 1.63 bits per heavy atom. The number of hydrogen-bond donors (Lipinski definition) is 1. The average molecular weight is 268 g/mol. The summed E-state index contributed by atoms with van der Waals surface area (Å²) in [5.74, 6) is 0. The molecule has 0 bridgehead atoms. The lowest BCUT2D eigenvalue weighted by molar-refractivity contribution is -0.00940. The van der Waals surface area contributed by atoms with Crippen molar-refractivity contribution in [3.8, 4) is 0 Å². The normalized spacial score (nSPS) is 28.4. The summed E-state index contributed by atoms with van der Waals surface area (Å²) in [5, 5.41) is 0. The van der Waals surface area contributed by atoms with Gasteiger partial charge in [0, 0.05) is 44.3 Å². The van der Waals surface area contributed by atoms with Gasteiger partial charge in [-0.2, -0.15) is 0 Å². The fourth-order valence-electron chi connectivity index (χ4n) is 3.58. The lowest BCUT2D eigenvalue weighted by Gasteiger charge is -2.51. The first-order valence-corrected chi connectivity index (χ1v) is 7.99. The van der Waals surface area contributed by atoms with Gasteiger partial charge in [0.2, 0.25) is 0 Å². The van der Waals surface area contributed by atoms with Crippen LogP contribution in [0.3, 0.4) is 0 Å². The van der Waals surface area contributed by atoms with Crippen LogP contribution in [0.15, 0.2) is 0 Å². The number of hydrogen-bond acceptors (Lipinski definition) is 4. The summed E-state index contributed by atoms with van der Waals surface area (Å²) in [6.45, 7) is 12.7. The van der Waals surface area contributed by atoms with Crippen LogP contribution in [0.1, 0.15) is 33.1 Å². The molecule has 2 saturated heterocycles. The van der Waals surface area contributed by atoms with Gasteiger partial charge in [-0.3, -0.25) is 9.80 Å². The maximum Gasteiger partial charge on any atom is 0.0357 e. The van der Waals surface area contributed by atoms with Crippen LogP contribution in [0.25, 0.3) is 0 Å². The van der Waals surface area contributed by atoms with E-state index < -0.39 is 0 Å². The van der Waals surface area contributed by atoms with Crippen molar-refractivity contribution in [2.75, 3.05) is 52.9 Å². The summed E-state index contributed by atoms with van der Waals surface area (Å²) in [5.41, 5.74) is 6.45. The van der Waals surface area contributed by atoms with Gasteiger partial charge in [-0.05, 0) is 46.3 Å². The molecule has 4 heteroatoms. The first kappa shape index (κ1) is 15.2. The standard InChI is InChI=1S/C15H32N4/c1-4-14(2)18-9-11-19(12-10-18)15(13-16)5-7-17(3)8-6-15/h14H,4-13,16H2,1-3H3. The first-order chi connectivity index (χ1) is 9.11. The molecule has 0 spiro atoms. The molecule has 2 rings (SSSR count). The van der Waals surface area contributed by atoms with Crippen molar-refractivity contribution in [3.63, 3.8) is 0 Å². The molecule has 4 nitrogen and oxygen atoms in total. The Morgan fingerprint density at radius 1 is 1.05 bits per heavy atom. The molecule has 1 unspecified atom stereocenters. The van der Waals surface area contributed by atoms with Crippen LogP contribution in [-0.2, 0) is 0 Å². The highest BCUT2D eigenvalue weighted by molar-refractivity contribution is 4.97. The van der Waals surface area contributed by atoms with Crippen LogP contribution in [-0.4, -0.2) is 79.1 Å². The lowest BCUT2D eigenvalue weighted by Crippen LogP contribution is -2.64. The molecule has 0 aromatic carbocycles. The van der Waals surface area contributed by atoms with Gasteiger partial charge in [-0.25, -0.2) is 0 Å². The molecule has 0 aliphatic carbocycles. The van der Waals surface area contributed by atoms with Crippen molar-refractivity contribution >= 4 is 0 Å². The Kier molecular flexibility index (Phi) is 5.23. The third-order valence-corrected chi connectivity index (χ3v) is 5.50. The molecular weight excluding hydrogens is 236 g/mol. The van der Waals surface area contributed by atoms with Gasteiger partial charge in [0.1, 0.15) is 0 Å². The highest BCUT2D eigenvalue weighted by atomic mass is 15.3. The molecule has 0 aromatic heterocycles. The summed E-state index contributed by atoms with van der Waals surface area (Å²) in [7, 11) is 2.22. The number of piperidine rings is 1. The van der Waals surface area contributed by atoms with Crippen LogP contribution >= 0.6 is 0 Å². The van der Waals surface area contributed by atoms with E-state index in [0.29, 0.717) is 0 Å². The second-order valence-electron chi connectivity index (χ2n) is 6.51. The molecule has 112 valence electrons. The van der Waals surface area contributed by atoms with Gasteiger partial charge in [-0.15, -0.1) is 0 Å². The fourth-order valence-corrected chi connectivity index (χ4v) is 3.58. The molecule has 2 aliphatic heterocycles. The van der Waals surface area contributed by atoms with E-state index in [2.05, 4.69) is 35.6 Å². The monoisotopic (exact) mass is 268 g/mol. The van der Waals surface area contributed by atoms with Crippen molar-refractivity contribution in [1.82, 2.24) is 14.7 Å². The number of nitrogens with zero attached hydrogens (tertiary/aromatic N) is 3. The molecule has 2 fully saturated rings. The van der Waals surface area contributed by atoms with Crippen LogP contribution < -0.4 is 5.73 Å². The molecule has 2 heterocycles. The second kappa shape index (κ2) is 6.53. The van der Waals surface area contributed by atoms with E-state index in [4.69, 9.17) is 5.73 Å². The second-order valence-corrected chi connectivity index (χ2v) is 6.51. The maximum atomic E-state index is 6.16. The smallest absolute Gasteiger partial charge is 0.0357 e. The molecule has 2 aliphatic rings. The Labute approximate surface area is 118 Å². The van der Waals surface area contributed by atoms with Crippen molar-refractivity contribution < 1.29 is 0 Å². The predicted molar refractivity (Wildman–Crippen MR) is 81.4 cm³/mol. The molecule has 0 radical (unpaired) electrons. The van der Waals surface area contributed by atoms with Crippen LogP contribution in [0.4, 0.5) is 0 Å². The highest BCUT2D eigenvalue weighted by Crippen LogP contribution is 2.29. The number of rotatable bonds is 4. The van der Waals surface area contributed by atoms with E-state index in [1.807, 2.05) is 0 Å². The third-order valence-electron chi connectivity index (χ3n) is 5.50. The summed E-state index contributed by atoms with van der Waals surface area (Å²) in [6, 6.07) is 0.730. The van der Waals surface area contributed by atoms with Crippen LogP contribution in [0.2, 0.25) is 0 Å². The SMILES string of the molecule is CCC(C)N1CCN(C2(CN)CCN(C)CC2)CC1. The number of nitrogens with two attached hydrogens (primary N) is 1. The summed E-state index contributed by atoms with van der Waals surface area (Å²) in [6.07, 6.45) is 3.74. The first-order valence-electron chi connectivity index (χ1n) is 7.99. The van der Waals surface area contributed by atoms with Crippen LogP contribution in [0, 0.1) is 0 Å². The Balaban J connectivity index is 1.92. The Hall–Kier alpha value is -0.160. The van der Waals surface area contributed by atoms with Crippen LogP contribution in [0.5, 0.6) is 0 Å². The summed E-state index contributed by atoms with van der Waals surface area (Å²) < 4.78 is 0. The van der Waals surface area contributed by atoms with E-state index in [-0.39, 0.29) is 5.54 Å². The van der Waals surface area contributed by atoms with Gasteiger partial charge in [0.15, 0.2) is 0 Å². The van der Waals surface area contributed by atoms with E-state index in [1.165, 1.54) is 58.5 Å². The van der Waals surface area contributed by atoms with Gasteiger partial charge in [0.05, 0.1) is 0 Å². The summed E-state index contributed by atoms with van der Waals surface area (Å²) in [4.78, 5) is 7.76. The van der Waals surface area contributed by atoms with Crippen molar-refractivity contribution in [2.24, 2.45) is 5.73 Å². The Bertz CT molecular complexity index is 265. The van der Waals surface area contributed by atoms with Crippen molar-refractivity contribution in [3.05, 3.63) is 0 Å². The maximum absolute atomic E-state index is 6.16. The zero-order chi connectivity index (χ0) is 13.9. The minimum atomic E-state index is 0.286. The predicted octanol–water partition coefficient (Wildman–Crippen LogP) is 0.826. The van der Waals surface area contributed by atoms with Gasteiger partial charge >= 0.3 is 0 Å². The van der Waals surface area contributed by atoms with Gasteiger partial charge in [0.25, 0.3) is 0 Å². The van der Waals surface area contributed by atoms with Crippen molar-refractivity contribution in [1.29, 1.82) is 0 Å². The minimum absolute atomic E-state index is 0.286. The van der Waals surface area contributed by atoms with E-state index in [1.54, 1.807) is 0 Å². The molecular formula is C15H32N4. The zero-order valence-electron chi connectivity index (χ0n) is 13.1. The van der Waals surface area contributed by atoms with E-state index in [0.717, 1.165) is 12.6 Å². The minimum Gasteiger partial charge on any atom is -0.329 e. The van der Waals surface area contributed by atoms with Gasteiger partial charge < -0.3 is 10.6 Å². The number of piperazine rings is 1. The highest BCUT2D eigenvalue weighted by Gasteiger charge is 2.39. The van der Waals surface area contributed by atoms with Crippen molar-refractivity contribution in [2.45, 2.75) is 44.7 Å². The average Bonchev–Trinajstić information content (AvgIpc) is 2.48. The fraction of sp³-hybridized carbons (Fsp3) is 1.00. The zero-order valence-corrected chi connectivity index (χ0v) is 13.1. The third kappa shape index (κ3) is 3.30. The lowest BCUT2D eigenvalue weighted by atomic mass is 9.85. The van der Waals surface area contributed by atoms with Gasteiger partial charge in [-0.1, -0.05) is 6.92 Å². The summed E-state index contributed by atoms with van der Waals surface area (Å²) >= 11 is 0. The molecule has 0 saturated carbocycles. The quantitative estimate of drug-likeness (QED) is 0.819. The molecule has 19 heavy (non-hydrogen) atoms. The molecule has 0 aromatic rings. The van der Waals surface area contributed by atoms with E-state index >= 15 is 0 Å². The molecule has 2 N–H and O–H groups in total. The Morgan fingerprint density at radius 3 is 2.11 bits per heavy atom. The topological polar surface area (TPSA) is 35.7 Å². The number of likely N-dealkylation sites (tertiary alicyclic amines) is 1. The molecule has 1 atom stereocenters. The largest absolute Gasteiger partial charge is 0.329 e. The van der Waals surface area contributed by atoms with E-state index in [9.17, 15) is 0 Å².